The molecule has 0 aromatic heterocycles. The molecule has 14 heavy (non-hydrogen) atoms. The number of carboxylic acids is 1. The molecule has 2 bridgehead atoms. The van der Waals surface area contributed by atoms with E-state index in [4.69, 9.17) is 0 Å². The van der Waals surface area contributed by atoms with Gasteiger partial charge in [-0.2, -0.15) is 0 Å². The van der Waals surface area contributed by atoms with Crippen LogP contribution in [-0.4, -0.2) is 34.1 Å². The number of nitrogens with zero attached hydrogens (tertiary/aromatic N) is 1. The summed E-state index contributed by atoms with van der Waals surface area (Å²) in [7, 11) is 0. The van der Waals surface area contributed by atoms with Crippen LogP contribution in [0.5, 0.6) is 0 Å². The van der Waals surface area contributed by atoms with Crippen molar-refractivity contribution in [3.63, 3.8) is 0 Å². The van der Waals surface area contributed by atoms with Gasteiger partial charge in [-0.25, -0.2) is 0 Å². The molecule has 0 radical (unpaired) electrons. The van der Waals surface area contributed by atoms with Crippen LogP contribution in [-0.2, 0) is 4.79 Å². The first-order valence-corrected chi connectivity index (χ1v) is 5.77. The number of carboxylic acid groups (broad SMARTS) is 1. The fourth-order valence-electron chi connectivity index (χ4n) is 3.56. The Labute approximate surface area is 84.1 Å². The third-order valence-corrected chi connectivity index (χ3v) is 4.38. The lowest BCUT2D eigenvalue weighted by atomic mass is 9.87. The predicted octanol–water partition coefficient (Wildman–Crippen LogP) is 1.48. The van der Waals surface area contributed by atoms with E-state index in [1.807, 2.05) is 0 Å². The number of likely N-dealkylation sites (tertiary alicyclic amines) is 1. The van der Waals surface area contributed by atoms with Crippen molar-refractivity contribution < 1.29 is 9.90 Å². The molecule has 78 valence electrons. The van der Waals surface area contributed by atoms with Crippen LogP contribution in [0.3, 0.4) is 0 Å². The van der Waals surface area contributed by atoms with Crippen LogP contribution in [0.2, 0.25) is 0 Å². The van der Waals surface area contributed by atoms with Crippen LogP contribution in [0.25, 0.3) is 0 Å². The number of rotatable bonds is 2. The summed E-state index contributed by atoms with van der Waals surface area (Å²) in [6.45, 7) is 0. The van der Waals surface area contributed by atoms with E-state index in [9.17, 15) is 9.90 Å². The second kappa shape index (κ2) is 2.96. The lowest BCUT2D eigenvalue weighted by Crippen LogP contribution is -2.53. The number of carbonyl (C=O) groups is 1. The third kappa shape index (κ3) is 1.05. The summed E-state index contributed by atoms with van der Waals surface area (Å²) in [6, 6.07) is 1.07. The maximum Gasteiger partial charge on any atom is 0.321 e. The molecule has 1 heterocycles. The summed E-state index contributed by atoms with van der Waals surface area (Å²) >= 11 is 0. The topological polar surface area (TPSA) is 40.5 Å². The molecule has 0 aromatic carbocycles. The van der Waals surface area contributed by atoms with E-state index in [1.165, 1.54) is 25.7 Å². The van der Waals surface area contributed by atoms with Crippen molar-refractivity contribution >= 4 is 5.97 Å². The number of hydrogen-bond acceptors (Lipinski definition) is 2. The van der Waals surface area contributed by atoms with Crippen LogP contribution in [0.1, 0.15) is 38.5 Å². The van der Waals surface area contributed by atoms with Gasteiger partial charge < -0.3 is 5.11 Å². The highest BCUT2D eigenvalue weighted by Crippen LogP contribution is 2.46. The minimum absolute atomic E-state index is 0.140. The van der Waals surface area contributed by atoms with Gasteiger partial charge in [0.15, 0.2) is 0 Å². The maximum atomic E-state index is 11.2. The van der Waals surface area contributed by atoms with Gasteiger partial charge >= 0.3 is 5.97 Å². The zero-order valence-electron chi connectivity index (χ0n) is 8.35. The SMILES string of the molecule is O=C(O)C1C2CCC(C2)N1C1CCC1. The van der Waals surface area contributed by atoms with Gasteiger partial charge in [-0.3, -0.25) is 9.69 Å². The molecule has 1 N–H and O–H groups in total. The standard InChI is InChI=1S/C11H17NO2/c13-11(14)10-7-4-5-9(6-7)12(10)8-2-1-3-8/h7-10H,1-6H2,(H,13,14). The number of fused-ring (bicyclic) bond motifs is 2. The Balaban J connectivity index is 1.82. The summed E-state index contributed by atoms with van der Waals surface area (Å²) in [5.74, 6) is -0.123. The van der Waals surface area contributed by atoms with Crippen molar-refractivity contribution in [1.29, 1.82) is 0 Å². The normalized spacial score (nSPS) is 42.7. The summed E-state index contributed by atoms with van der Waals surface area (Å²) in [4.78, 5) is 13.5. The molecule has 0 amide bonds. The van der Waals surface area contributed by atoms with Gasteiger partial charge in [-0.05, 0) is 38.0 Å². The number of aliphatic carboxylic acids is 1. The van der Waals surface area contributed by atoms with E-state index in [-0.39, 0.29) is 6.04 Å². The molecule has 2 aliphatic carbocycles. The Morgan fingerprint density at radius 1 is 1.14 bits per heavy atom. The fourth-order valence-corrected chi connectivity index (χ4v) is 3.56. The summed E-state index contributed by atoms with van der Waals surface area (Å²) < 4.78 is 0. The van der Waals surface area contributed by atoms with E-state index in [2.05, 4.69) is 4.90 Å². The zero-order valence-corrected chi connectivity index (χ0v) is 8.35. The first kappa shape index (κ1) is 8.72. The Morgan fingerprint density at radius 3 is 2.50 bits per heavy atom. The molecule has 3 heteroatoms. The van der Waals surface area contributed by atoms with Gasteiger partial charge in [0.05, 0.1) is 0 Å². The third-order valence-electron chi connectivity index (χ3n) is 4.38. The Bertz CT molecular complexity index is 262. The van der Waals surface area contributed by atoms with E-state index in [1.54, 1.807) is 0 Å². The molecular weight excluding hydrogens is 178 g/mol. The lowest BCUT2D eigenvalue weighted by molar-refractivity contribution is -0.147. The Kier molecular flexibility index (Phi) is 1.84. The van der Waals surface area contributed by atoms with Crippen LogP contribution < -0.4 is 0 Å². The molecule has 3 aliphatic rings. The molecular formula is C11H17NO2. The summed E-state index contributed by atoms with van der Waals surface area (Å²) in [5, 5.41) is 9.23. The fraction of sp³-hybridized carbons (Fsp3) is 0.909. The molecule has 3 nitrogen and oxygen atoms in total. The van der Waals surface area contributed by atoms with Crippen LogP contribution in [0, 0.1) is 5.92 Å². The molecule has 2 saturated carbocycles. The van der Waals surface area contributed by atoms with E-state index >= 15 is 0 Å². The van der Waals surface area contributed by atoms with Crippen molar-refractivity contribution in [3.8, 4) is 0 Å². The highest BCUT2D eigenvalue weighted by atomic mass is 16.4. The Morgan fingerprint density at radius 2 is 1.93 bits per heavy atom. The predicted molar refractivity (Wildman–Crippen MR) is 52.0 cm³/mol. The van der Waals surface area contributed by atoms with Gasteiger partial charge in [0.2, 0.25) is 0 Å². The van der Waals surface area contributed by atoms with Gasteiger partial charge in [0.25, 0.3) is 0 Å². The van der Waals surface area contributed by atoms with Crippen LogP contribution in [0.15, 0.2) is 0 Å². The molecule has 0 spiro atoms. The van der Waals surface area contributed by atoms with Crippen LogP contribution >= 0.6 is 0 Å². The average Bonchev–Trinajstić information content (AvgIpc) is 2.59. The van der Waals surface area contributed by atoms with Crippen molar-refractivity contribution in [1.82, 2.24) is 4.90 Å². The number of piperidine rings is 1. The molecule has 1 aliphatic heterocycles. The minimum Gasteiger partial charge on any atom is -0.480 e. The number of hydrogen-bond donors (Lipinski definition) is 1. The molecule has 3 rings (SSSR count). The second-order valence-corrected chi connectivity index (χ2v) is 5.04. The maximum absolute atomic E-state index is 11.2. The molecule has 3 unspecified atom stereocenters. The zero-order chi connectivity index (χ0) is 9.71. The van der Waals surface area contributed by atoms with E-state index in [0.29, 0.717) is 18.0 Å². The summed E-state index contributed by atoms with van der Waals surface area (Å²) in [6.07, 6.45) is 7.29. The van der Waals surface area contributed by atoms with Crippen molar-refractivity contribution in [2.45, 2.75) is 56.7 Å². The van der Waals surface area contributed by atoms with E-state index < -0.39 is 5.97 Å². The molecule has 0 aromatic rings. The first-order chi connectivity index (χ1) is 6.77. The molecule has 1 saturated heterocycles. The molecule has 3 fully saturated rings. The van der Waals surface area contributed by atoms with Crippen molar-refractivity contribution in [2.75, 3.05) is 0 Å². The highest BCUT2D eigenvalue weighted by molar-refractivity contribution is 5.74. The first-order valence-electron chi connectivity index (χ1n) is 5.77. The smallest absolute Gasteiger partial charge is 0.321 e. The van der Waals surface area contributed by atoms with Gasteiger partial charge in [-0.15, -0.1) is 0 Å². The minimum atomic E-state index is -0.580. The second-order valence-electron chi connectivity index (χ2n) is 5.04. The van der Waals surface area contributed by atoms with Gasteiger partial charge in [0.1, 0.15) is 6.04 Å². The summed E-state index contributed by atoms with van der Waals surface area (Å²) in [5.41, 5.74) is 0. The van der Waals surface area contributed by atoms with Gasteiger partial charge in [0, 0.05) is 12.1 Å². The largest absolute Gasteiger partial charge is 0.480 e. The Hall–Kier alpha value is -0.570. The lowest BCUT2D eigenvalue weighted by Gasteiger charge is -2.43. The average molecular weight is 195 g/mol. The van der Waals surface area contributed by atoms with Crippen LogP contribution in [0.4, 0.5) is 0 Å². The van der Waals surface area contributed by atoms with E-state index in [0.717, 1.165) is 12.8 Å². The molecule has 3 atom stereocenters. The monoisotopic (exact) mass is 195 g/mol. The quantitative estimate of drug-likeness (QED) is 0.725. The highest BCUT2D eigenvalue weighted by Gasteiger charge is 2.52. The van der Waals surface area contributed by atoms with Gasteiger partial charge in [-0.1, -0.05) is 6.42 Å². The van der Waals surface area contributed by atoms with Crippen molar-refractivity contribution in [3.05, 3.63) is 0 Å². The van der Waals surface area contributed by atoms with Crippen molar-refractivity contribution in [2.24, 2.45) is 5.92 Å².